The smallest absolute Gasteiger partial charge is 0.303 e. The topological polar surface area (TPSA) is 55.1 Å². The van der Waals surface area contributed by atoms with E-state index in [1.54, 1.807) is 12.4 Å². The predicted octanol–water partition coefficient (Wildman–Crippen LogP) is 3.11. The molecule has 0 spiro atoms. The zero-order chi connectivity index (χ0) is 13.7. The van der Waals surface area contributed by atoms with E-state index < -0.39 is 5.97 Å². The first-order valence-electron chi connectivity index (χ1n) is 6.47. The van der Waals surface area contributed by atoms with Crippen molar-refractivity contribution in [3.63, 3.8) is 0 Å². The number of hydrogen-bond donors (Lipinski definition) is 1. The van der Waals surface area contributed by atoms with Crippen LogP contribution in [0.2, 0.25) is 0 Å². The van der Waals surface area contributed by atoms with Crippen molar-refractivity contribution < 1.29 is 9.90 Å². The molecule has 4 heteroatoms. The second-order valence-electron chi connectivity index (χ2n) is 4.60. The highest BCUT2D eigenvalue weighted by Crippen LogP contribution is 2.22. The molecule has 2 aromatic heterocycles. The Labute approximate surface area is 112 Å². The van der Waals surface area contributed by atoms with Crippen LogP contribution < -0.4 is 0 Å². The van der Waals surface area contributed by atoms with Gasteiger partial charge in [0.1, 0.15) is 0 Å². The molecule has 0 fully saturated rings. The van der Waals surface area contributed by atoms with Gasteiger partial charge in [0.25, 0.3) is 0 Å². The van der Waals surface area contributed by atoms with Gasteiger partial charge in [-0.05, 0) is 44.0 Å². The lowest BCUT2D eigenvalue weighted by Crippen LogP contribution is -2.03. The second-order valence-corrected chi connectivity index (χ2v) is 4.60. The Balaban J connectivity index is 2.08. The fraction of sp³-hybridized carbons (Fsp3) is 0.333. The van der Waals surface area contributed by atoms with E-state index in [0.29, 0.717) is 6.42 Å². The lowest BCUT2D eigenvalue weighted by molar-refractivity contribution is -0.137. The molecule has 0 bridgehead atoms. The normalized spacial score (nSPS) is 10.6. The number of carboxylic acids is 1. The van der Waals surface area contributed by atoms with Crippen molar-refractivity contribution in [3.05, 3.63) is 42.4 Å². The first kappa shape index (κ1) is 13.3. The number of aliphatic carboxylic acids is 1. The molecule has 19 heavy (non-hydrogen) atoms. The van der Waals surface area contributed by atoms with Crippen LogP contribution in [0.4, 0.5) is 0 Å². The van der Waals surface area contributed by atoms with E-state index in [2.05, 4.69) is 28.6 Å². The van der Waals surface area contributed by atoms with Crippen LogP contribution in [0, 0.1) is 6.92 Å². The molecule has 1 N–H and O–H groups in total. The number of hydrogen-bond acceptors (Lipinski definition) is 2. The lowest BCUT2D eigenvalue weighted by atomic mass is 10.2. The van der Waals surface area contributed by atoms with E-state index >= 15 is 0 Å². The van der Waals surface area contributed by atoms with Gasteiger partial charge in [0, 0.05) is 42.3 Å². The van der Waals surface area contributed by atoms with Gasteiger partial charge in [-0.2, -0.15) is 0 Å². The van der Waals surface area contributed by atoms with Gasteiger partial charge in [-0.25, -0.2) is 0 Å². The number of rotatable bonds is 6. The van der Waals surface area contributed by atoms with E-state index in [-0.39, 0.29) is 6.42 Å². The molecule has 2 heterocycles. The van der Waals surface area contributed by atoms with Crippen LogP contribution in [0.25, 0.3) is 11.3 Å². The van der Waals surface area contributed by atoms with Crippen molar-refractivity contribution in [2.45, 2.75) is 32.7 Å². The van der Waals surface area contributed by atoms with Crippen LogP contribution in [0.1, 0.15) is 25.0 Å². The van der Waals surface area contributed by atoms with E-state index in [9.17, 15) is 4.79 Å². The van der Waals surface area contributed by atoms with Crippen molar-refractivity contribution >= 4 is 5.97 Å². The molecular weight excluding hydrogens is 240 g/mol. The Morgan fingerprint density at radius 2 is 1.95 bits per heavy atom. The number of nitrogens with zero attached hydrogens (tertiary/aromatic N) is 2. The summed E-state index contributed by atoms with van der Waals surface area (Å²) >= 11 is 0. The maximum Gasteiger partial charge on any atom is 0.303 e. The molecule has 2 rings (SSSR count). The van der Waals surface area contributed by atoms with Crippen molar-refractivity contribution in [2.24, 2.45) is 0 Å². The van der Waals surface area contributed by atoms with Gasteiger partial charge >= 0.3 is 5.97 Å². The molecule has 2 aromatic rings. The van der Waals surface area contributed by atoms with Crippen molar-refractivity contribution in [3.8, 4) is 11.3 Å². The summed E-state index contributed by atoms with van der Waals surface area (Å²) in [6, 6.07) is 8.17. The first-order valence-corrected chi connectivity index (χ1v) is 6.47. The molecule has 0 saturated carbocycles. The molecule has 0 aliphatic rings. The third-order valence-electron chi connectivity index (χ3n) is 3.20. The molecule has 0 atom stereocenters. The molecule has 4 nitrogen and oxygen atoms in total. The van der Waals surface area contributed by atoms with Gasteiger partial charge in [-0.1, -0.05) is 0 Å². The molecule has 0 aliphatic heterocycles. The van der Waals surface area contributed by atoms with E-state index in [0.717, 1.165) is 24.2 Å². The Morgan fingerprint density at radius 3 is 2.63 bits per heavy atom. The molecule has 100 valence electrons. The minimum atomic E-state index is -0.724. The quantitative estimate of drug-likeness (QED) is 0.810. The largest absolute Gasteiger partial charge is 0.481 e. The fourth-order valence-corrected chi connectivity index (χ4v) is 2.19. The monoisotopic (exact) mass is 258 g/mol. The summed E-state index contributed by atoms with van der Waals surface area (Å²) in [6.45, 7) is 2.92. The standard InChI is InChI=1S/C15H18N2O2/c1-12-5-6-14(13-7-9-16-10-8-13)17(12)11-3-2-4-15(18)19/h5-10H,2-4,11H2,1H3,(H,18,19). The summed E-state index contributed by atoms with van der Waals surface area (Å²) < 4.78 is 2.23. The van der Waals surface area contributed by atoms with Gasteiger partial charge in [-0.15, -0.1) is 0 Å². The average molecular weight is 258 g/mol. The molecular formula is C15H18N2O2. The summed E-state index contributed by atoms with van der Waals surface area (Å²) in [5, 5.41) is 8.64. The molecule has 0 unspecified atom stereocenters. The van der Waals surface area contributed by atoms with E-state index in [1.165, 1.54) is 5.69 Å². The minimum Gasteiger partial charge on any atom is -0.481 e. The van der Waals surface area contributed by atoms with Gasteiger partial charge in [-0.3, -0.25) is 9.78 Å². The van der Waals surface area contributed by atoms with Gasteiger partial charge < -0.3 is 9.67 Å². The van der Waals surface area contributed by atoms with Crippen molar-refractivity contribution in [1.29, 1.82) is 0 Å². The Kier molecular flexibility index (Phi) is 4.34. The number of carboxylic acid groups (broad SMARTS) is 1. The van der Waals surface area contributed by atoms with Crippen LogP contribution in [0.5, 0.6) is 0 Å². The molecule has 0 radical (unpaired) electrons. The number of unbranched alkanes of at least 4 members (excludes halogenated alkanes) is 1. The zero-order valence-corrected chi connectivity index (χ0v) is 11.0. The highest BCUT2D eigenvalue weighted by atomic mass is 16.4. The number of aromatic nitrogens is 2. The van der Waals surface area contributed by atoms with Gasteiger partial charge in [0.05, 0.1) is 0 Å². The Morgan fingerprint density at radius 1 is 1.21 bits per heavy atom. The highest BCUT2D eigenvalue weighted by Gasteiger charge is 2.07. The predicted molar refractivity (Wildman–Crippen MR) is 73.9 cm³/mol. The average Bonchev–Trinajstić information content (AvgIpc) is 2.77. The second kappa shape index (κ2) is 6.18. The number of aryl methyl sites for hydroxylation is 1. The Bertz CT molecular complexity index is 547. The number of carbonyl (C=O) groups is 1. The summed E-state index contributed by atoms with van der Waals surface area (Å²) in [7, 11) is 0. The lowest BCUT2D eigenvalue weighted by Gasteiger charge is -2.11. The third kappa shape index (κ3) is 3.44. The number of pyridine rings is 1. The van der Waals surface area contributed by atoms with Gasteiger partial charge in [0.15, 0.2) is 0 Å². The third-order valence-corrected chi connectivity index (χ3v) is 3.20. The molecule has 0 saturated heterocycles. The Hall–Kier alpha value is -2.10. The molecule has 0 aromatic carbocycles. The van der Waals surface area contributed by atoms with Crippen molar-refractivity contribution in [1.82, 2.24) is 9.55 Å². The van der Waals surface area contributed by atoms with Crippen LogP contribution in [0.15, 0.2) is 36.7 Å². The van der Waals surface area contributed by atoms with E-state index in [4.69, 9.17) is 5.11 Å². The summed E-state index contributed by atoms with van der Waals surface area (Å²) in [5.41, 5.74) is 3.50. The highest BCUT2D eigenvalue weighted by molar-refractivity contribution is 5.66. The fourth-order valence-electron chi connectivity index (χ4n) is 2.19. The van der Waals surface area contributed by atoms with Crippen molar-refractivity contribution in [2.75, 3.05) is 0 Å². The maximum atomic E-state index is 10.5. The zero-order valence-electron chi connectivity index (χ0n) is 11.0. The first-order chi connectivity index (χ1) is 9.18. The van der Waals surface area contributed by atoms with Crippen LogP contribution in [-0.2, 0) is 11.3 Å². The minimum absolute atomic E-state index is 0.241. The van der Waals surface area contributed by atoms with Crippen LogP contribution in [-0.4, -0.2) is 20.6 Å². The summed E-state index contributed by atoms with van der Waals surface area (Å²) in [5.74, 6) is -0.724. The van der Waals surface area contributed by atoms with Crippen LogP contribution in [0.3, 0.4) is 0 Å². The summed E-state index contributed by atoms with van der Waals surface area (Å²) in [4.78, 5) is 14.5. The maximum absolute atomic E-state index is 10.5. The summed E-state index contributed by atoms with van der Waals surface area (Å²) in [6.07, 6.45) is 5.40. The molecule has 0 aliphatic carbocycles. The van der Waals surface area contributed by atoms with E-state index in [1.807, 2.05) is 12.1 Å². The van der Waals surface area contributed by atoms with Gasteiger partial charge in [0.2, 0.25) is 0 Å². The van der Waals surface area contributed by atoms with Crippen LogP contribution >= 0.6 is 0 Å². The molecule has 0 amide bonds. The SMILES string of the molecule is Cc1ccc(-c2ccncc2)n1CCCCC(=O)O.